The highest BCUT2D eigenvalue weighted by atomic mass is 15.0. The maximum atomic E-state index is 5.10. The van der Waals surface area contributed by atoms with Crippen LogP contribution >= 0.6 is 0 Å². The van der Waals surface area contributed by atoms with E-state index in [1.165, 1.54) is 71.0 Å². The van der Waals surface area contributed by atoms with Gasteiger partial charge < -0.3 is 0 Å². The van der Waals surface area contributed by atoms with Gasteiger partial charge in [-0.25, -0.2) is 15.0 Å². The summed E-state index contributed by atoms with van der Waals surface area (Å²) >= 11 is 0. The first-order valence-electron chi connectivity index (χ1n) is 20.8. The molecule has 5 aromatic carbocycles. The van der Waals surface area contributed by atoms with Crippen LogP contribution in [0.25, 0.3) is 50.6 Å². The Hall–Kier alpha value is -5.41. The summed E-state index contributed by atoms with van der Waals surface area (Å²) in [7, 11) is 0. The molecule has 3 nitrogen and oxygen atoms in total. The van der Waals surface area contributed by atoms with Gasteiger partial charge in [0.2, 0.25) is 0 Å². The monoisotopic (exact) mass is 735 g/mol. The van der Waals surface area contributed by atoms with Gasteiger partial charge in [0.25, 0.3) is 0 Å². The van der Waals surface area contributed by atoms with E-state index in [1.807, 2.05) is 6.07 Å². The normalized spacial score (nSPS) is 15.3. The third kappa shape index (κ3) is 8.68. The molecule has 2 atom stereocenters. The number of aromatic nitrogens is 3. The van der Waals surface area contributed by atoms with Crippen LogP contribution in [0, 0.1) is 0 Å². The predicted molar refractivity (Wildman–Crippen MR) is 238 cm³/mol. The molecular weight excluding hydrogens is 679 g/mol. The van der Waals surface area contributed by atoms with Crippen LogP contribution < -0.4 is 0 Å². The molecule has 56 heavy (non-hydrogen) atoms. The van der Waals surface area contributed by atoms with Crippen molar-refractivity contribution in [1.82, 2.24) is 15.0 Å². The molecule has 0 fully saturated rings. The Morgan fingerprint density at radius 2 is 1.02 bits per heavy atom. The molecule has 1 aliphatic carbocycles. The van der Waals surface area contributed by atoms with E-state index in [-0.39, 0.29) is 10.8 Å². The van der Waals surface area contributed by atoms with Crippen LogP contribution in [0.15, 0.2) is 146 Å². The van der Waals surface area contributed by atoms with E-state index >= 15 is 0 Å². The van der Waals surface area contributed by atoms with E-state index in [0.29, 0.717) is 23.4 Å². The topological polar surface area (TPSA) is 38.7 Å². The fourth-order valence-corrected chi connectivity index (χ4v) is 8.14. The number of benzene rings is 5. The summed E-state index contributed by atoms with van der Waals surface area (Å²) < 4.78 is 0. The fraction of sp³-hybridized carbons (Fsp3) is 0.302. The van der Waals surface area contributed by atoms with E-state index in [2.05, 4.69) is 181 Å². The molecule has 0 N–H and O–H groups in total. The van der Waals surface area contributed by atoms with Gasteiger partial charge in [0.1, 0.15) is 0 Å². The molecular formula is C53H57N3. The van der Waals surface area contributed by atoms with Crippen LogP contribution in [0.2, 0.25) is 0 Å². The van der Waals surface area contributed by atoms with Gasteiger partial charge in [0, 0.05) is 22.6 Å². The van der Waals surface area contributed by atoms with Crippen molar-refractivity contribution >= 4 is 5.57 Å². The fourth-order valence-electron chi connectivity index (χ4n) is 8.14. The van der Waals surface area contributed by atoms with Crippen molar-refractivity contribution in [3.8, 4) is 45.0 Å². The number of rotatable bonds is 14. The number of hydrogen-bond donors (Lipinski definition) is 0. The standard InChI is InChI=1S/C53H57N3/c1-7-10-37-52(4,5)47-32-28-42(29-33-47)40-18-24-45(25-19-40)50-54-49(44-22-16-39(17-23-44)38-14-12-11-13-15-38)55-51(56-50)46-26-20-41(21-27-46)43-30-34-48(35-31-43)53(6,9-3)36-8-2/h11-18,20-35,40H,7-10,19,36-37H2,1-6H3. The Balaban J connectivity index is 1.17. The summed E-state index contributed by atoms with van der Waals surface area (Å²) in [6, 6.07) is 46.2. The Morgan fingerprint density at radius 1 is 0.518 bits per heavy atom. The van der Waals surface area contributed by atoms with E-state index in [0.717, 1.165) is 29.5 Å². The van der Waals surface area contributed by atoms with Crippen molar-refractivity contribution in [3.05, 3.63) is 168 Å². The lowest BCUT2D eigenvalue weighted by atomic mass is 9.76. The molecule has 0 saturated carbocycles. The molecule has 6 aromatic rings. The van der Waals surface area contributed by atoms with Gasteiger partial charge in [-0.05, 0) is 75.5 Å². The van der Waals surface area contributed by atoms with Crippen LogP contribution in [0.3, 0.4) is 0 Å². The van der Waals surface area contributed by atoms with E-state index < -0.39 is 0 Å². The lowest BCUT2D eigenvalue weighted by molar-refractivity contribution is 0.414. The first-order chi connectivity index (χ1) is 27.2. The Morgan fingerprint density at radius 3 is 1.52 bits per heavy atom. The minimum Gasteiger partial charge on any atom is -0.208 e. The van der Waals surface area contributed by atoms with Crippen molar-refractivity contribution in [1.29, 1.82) is 0 Å². The summed E-state index contributed by atoms with van der Waals surface area (Å²) in [5.41, 5.74) is 12.3. The van der Waals surface area contributed by atoms with Crippen molar-refractivity contribution in [2.45, 2.75) is 103 Å². The van der Waals surface area contributed by atoms with Crippen LogP contribution in [-0.4, -0.2) is 15.0 Å². The highest BCUT2D eigenvalue weighted by Gasteiger charge is 2.24. The largest absolute Gasteiger partial charge is 0.208 e. The third-order valence-electron chi connectivity index (χ3n) is 12.2. The molecule has 0 radical (unpaired) electrons. The molecule has 1 aliphatic rings. The zero-order valence-electron chi connectivity index (χ0n) is 34.2. The van der Waals surface area contributed by atoms with E-state index in [1.54, 1.807) is 0 Å². The van der Waals surface area contributed by atoms with Crippen LogP contribution in [0.5, 0.6) is 0 Å². The third-order valence-corrected chi connectivity index (χ3v) is 12.2. The minimum atomic E-state index is 0.191. The maximum Gasteiger partial charge on any atom is 0.164 e. The molecule has 0 saturated heterocycles. The smallest absolute Gasteiger partial charge is 0.164 e. The number of unbranched alkanes of at least 4 members (excludes halogenated alkanes) is 1. The van der Waals surface area contributed by atoms with Gasteiger partial charge in [0.05, 0.1) is 0 Å². The number of allylic oxidation sites excluding steroid dienone is 4. The Kier molecular flexibility index (Phi) is 11.9. The first-order valence-corrected chi connectivity index (χ1v) is 20.8. The molecule has 7 rings (SSSR count). The van der Waals surface area contributed by atoms with Crippen molar-refractivity contribution in [3.63, 3.8) is 0 Å². The van der Waals surface area contributed by atoms with Gasteiger partial charge in [-0.1, -0.05) is 206 Å². The second-order valence-corrected chi connectivity index (χ2v) is 16.5. The Labute approximate surface area is 335 Å². The molecule has 0 spiro atoms. The van der Waals surface area contributed by atoms with E-state index in [4.69, 9.17) is 15.0 Å². The first kappa shape index (κ1) is 38.8. The zero-order chi connectivity index (χ0) is 39.1. The highest BCUT2D eigenvalue weighted by molar-refractivity contribution is 5.75. The minimum absolute atomic E-state index is 0.191. The molecule has 2 unspecified atom stereocenters. The van der Waals surface area contributed by atoms with Crippen LogP contribution in [-0.2, 0) is 10.8 Å². The molecule has 3 heteroatoms. The Bertz CT molecular complexity index is 2260. The molecule has 0 aliphatic heterocycles. The maximum absolute atomic E-state index is 5.10. The van der Waals surface area contributed by atoms with Crippen molar-refractivity contribution < 1.29 is 0 Å². The highest BCUT2D eigenvalue weighted by Crippen LogP contribution is 2.36. The van der Waals surface area contributed by atoms with Gasteiger partial charge in [-0.2, -0.15) is 0 Å². The quantitative estimate of drug-likeness (QED) is 0.112. The average Bonchev–Trinajstić information content (AvgIpc) is 3.26. The van der Waals surface area contributed by atoms with Gasteiger partial charge in [0.15, 0.2) is 17.5 Å². The average molecular weight is 736 g/mol. The predicted octanol–water partition coefficient (Wildman–Crippen LogP) is 14.6. The molecule has 0 bridgehead atoms. The second-order valence-electron chi connectivity index (χ2n) is 16.5. The lowest BCUT2D eigenvalue weighted by Crippen LogP contribution is -2.20. The van der Waals surface area contributed by atoms with Crippen molar-refractivity contribution in [2.75, 3.05) is 0 Å². The van der Waals surface area contributed by atoms with Gasteiger partial charge >= 0.3 is 0 Å². The summed E-state index contributed by atoms with van der Waals surface area (Å²) in [4.78, 5) is 15.3. The van der Waals surface area contributed by atoms with Gasteiger partial charge in [-0.15, -0.1) is 0 Å². The molecule has 1 heterocycles. The second kappa shape index (κ2) is 17.2. The summed E-state index contributed by atoms with van der Waals surface area (Å²) in [5, 5.41) is 0. The zero-order valence-corrected chi connectivity index (χ0v) is 34.2. The summed E-state index contributed by atoms with van der Waals surface area (Å²) in [6.07, 6.45) is 14.9. The van der Waals surface area contributed by atoms with Crippen molar-refractivity contribution in [2.24, 2.45) is 0 Å². The summed E-state index contributed by atoms with van der Waals surface area (Å²) in [5.74, 6) is 2.37. The SMILES string of the molecule is CCCCC(C)(C)c1ccc(C2C=CC(c3nc(-c4ccc(-c5ccccc5)cc4)nc(-c4ccc(-c5ccc(C(C)(CC)CCC)cc5)cc4)n3)=CC2)cc1. The molecule has 284 valence electrons. The lowest BCUT2D eigenvalue weighted by Gasteiger charge is -2.28. The van der Waals surface area contributed by atoms with Crippen LogP contribution in [0.1, 0.15) is 115 Å². The van der Waals surface area contributed by atoms with Gasteiger partial charge in [-0.3, -0.25) is 0 Å². The molecule has 0 amide bonds. The molecule has 1 aromatic heterocycles. The summed E-state index contributed by atoms with van der Waals surface area (Å²) in [6.45, 7) is 14.0. The van der Waals surface area contributed by atoms with E-state index in [9.17, 15) is 0 Å². The van der Waals surface area contributed by atoms with Crippen LogP contribution in [0.4, 0.5) is 0 Å². The number of hydrogen-bond acceptors (Lipinski definition) is 3. The number of nitrogens with zero attached hydrogens (tertiary/aromatic N) is 3.